The van der Waals surface area contributed by atoms with E-state index in [4.69, 9.17) is 0 Å². The summed E-state index contributed by atoms with van der Waals surface area (Å²) in [5.41, 5.74) is 1.86. The van der Waals surface area contributed by atoms with Crippen LogP contribution in [0.1, 0.15) is 82.6 Å². The quantitative estimate of drug-likeness (QED) is 0.570. The van der Waals surface area contributed by atoms with Gasteiger partial charge >= 0.3 is 6.03 Å². The van der Waals surface area contributed by atoms with Gasteiger partial charge in [0.1, 0.15) is 0 Å². The molecular formula is C26H39N3O. The smallest absolute Gasteiger partial charge is 0.317 e. The lowest BCUT2D eigenvalue weighted by atomic mass is 9.49. The summed E-state index contributed by atoms with van der Waals surface area (Å²) in [4.78, 5) is 19.5. The fraction of sp³-hybridized carbons (Fsp3) is 0.769. The van der Waals surface area contributed by atoms with Gasteiger partial charge in [-0.3, -0.25) is 4.98 Å². The number of hydrogen-bond donors (Lipinski definition) is 1. The number of aromatic nitrogens is 1. The number of nitrogens with zero attached hydrogens (tertiary/aromatic N) is 2. The molecule has 0 unspecified atom stereocenters. The first-order valence-corrected chi connectivity index (χ1v) is 12.6. The van der Waals surface area contributed by atoms with E-state index >= 15 is 0 Å². The molecule has 6 rings (SSSR count). The van der Waals surface area contributed by atoms with Gasteiger partial charge in [-0.25, -0.2) is 4.79 Å². The van der Waals surface area contributed by atoms with E-state index < -0.39 is 0 Å². The fourth-order valence-electron chi connectivity index (χ4n) is 7.76. The van der Waals surface area contributed by atoms with Crippen molar-refractivity contribution >= 4 is 6.03 Å². The Labute approximate surface area is 182 Å². The Hall–Kier alpha value is -1.58. The summed E-state index contributed by atoms with van der Waals surface area (Å²) < 4.78 is 0. The van der Waals surface area contributed by atoms with Crippen LogP contribution in [0.2, 0.25) is 0 Å². The van der Waals surface area contributed by atoms with Crippen LogP contribution in [-0.2, 0) is 6.42 Å². The summed E-state index contributed by atoms with van der Waals surface area (Å²) >= 11 is 0. The second-order valence-electron chi connectivity index (χ2n) is 11.0. The van der Waals surface area contributed by atoms with Crippen LogP contribution in [0.4, 0.5) is 4.79 Å². The maximum absolute atomic E-state index is 13.2. The minimum Gasteiger partial charge on any atom is -0.338 e. The summed E-state index contributed by atoms with van der Waals surface area (Å²) in [7, 11) is 0. The molecule has 0 aromatic carbocycles. The standard InChI is InChI=1S/C26H39N3O/c30-25(28-10-3-4-20-7-11-27-12-8-20)29(24-5-1-2-6-24)13-9-26-17-21-14-22(18-26)16-23(15-21)19-26/h7-8,11-12,21-24H,1-6,9-10,13-19H2,(H,28,30). The lowest BCUT2D eigenvalue weighted by Gasteiger charge is -2.57. The third-order valence-electron chi connectivity index (χ3n) is 8.74. The molecule has 1 aromatic heterocycles. The zero-order valence-corrected chi connectivity index (χ0v) is 18.5. The van der Waals surface area contributed by atoms with Gasteiger partial charge in [0.25, 0.3) is 0 Å². The van der Waals surface area contributed by atoms with Crippen molar-refractivity contribution in [3.8, 4) is 0 Å². The van der Waals surface area contributed by atoms with E-state index in [9.17, 15) is 4.79 Å². The van der Waals surface area contributed by atoms with Crippen molar-refractivity contribution in [2.24, 2.45) is 23.2 Å². The van der Waals surface area contributed by atoms with Gasteiger partial charge in [-0.05, 0) is 111 Å². The minimum atomic E-state index is 0.196. The van der Waals surface area contributed by atoms with Gasteiger partial charge in [-0.15, -0.1) is 0 Å². The van der Waals surface area contributed by atoms with Gasteiger partial charge < -0.3 is 10.2 Å². The highest BCUT2D eigenvalue weighted by Crippen LogP contribution is 2.61. The number of pyridine rings is 1. The van der Waals surface area contributed by atoms with Crippen molar-refractivity contribution in [3.63, 3.8) is 0 Å². The average Bonchev–Trinajstić information content (AvgIpc) is 3.25. The molecule has 1 N–H and O–H groups in total. The van der Waals surface area contributed by atoms with Crippen LogP contribution in [0.3, 0.4) is 0 Å². The Morgan fingerprint density at radius 2 is 1.67 bits per heavy atom. The molecule has 4 nitrogen and oxygen atoms in total. The van der Waals surface area contributed by atoms with Crippen molar-refractivity contribution in [1.82, 2.24) is 15.2 Å². The lowest BCUT2D eigenvalue weighted by Crippen LogP contribution is -2.50. The molecule has 5 aliphatic carbocycles. The van der Waals surface area contributed by atoms with E-state index in [2.05, 4.69) is 27.3 Å². The number of hydrogen-bond acceptors (Lipinski definition) is 2. The Balaban J connectivity index is 1.15. The number of carbonyl (C=O) groups excluding carboxylic acids is 1. The van der Waals surface area contributed by atoms with E-state index in [1.165, 1.54) is 76.2 Å². The van der Waals surface area contributed by atoms with Crippen molar-refractivity contribution < 1.29 is 4.79 Å². The molecule has 0 aliphatic heterocycles. The predicted octanol–water partition coefficient (Wildman–Crippen LogP) is 5.57. The van der Waals surface area contributed by atoms with Crippen LogP contribution in [0.5, 0.6) is 0 Å². The number of aryl methyl sites for hydroxylation is 1. The van der Waals surface area contributed by atoms with Crippen LogP contribution in [0, 0.1) is 23.2 Å². The summed E-state index contributed by atoms with van der Waals surface area (Å²) in [5.74, 6) is 2.99. The molecule has 1 aromatic rings. The molecule has 4 bridgehead atoms. The third-order valence-corrected chi connectivity index (χ3v) is 8.74. The lowest BCUT2D eigenvalue weighted by molar-refractivity contribution is -0.0605. The number of urea groups is 1. The largest absolute Gasteiger partial charge is 0.338 e. The zero-order chi connectivity index (χ0) is 20.4. The number of carbonyl (C=O) groups is 1. The number of amides is 2. The van der Waals surface area contributed by atoms with Gasteiger partial charge in [0.2, 0.25) is 0 Å². The molecule has 0 atom stereocenters. The van der Waals surface area contributed by atoms with Crippen LogP contribution in [-0.4, -0.2) is 35.0 Å². The van der Waals surface area contributed by atoms with Crippen molar-refractivity contribution in [1.29, 1.82) is 0 Å². The van der Waals surface area contributed by atoms with Crippen molar-refractivity contribution in [3.05, 3.63) is 30.1 Å². The highest BCUT2D eigenvalue weighted by Gasteiger charge is 2.50. The maximum atomic E-state index is 13.2. The SMILES string of the molecule is O=C(NCCCc1ccncc1)N(CCC12CC3CC(CC(C3)C1)C2)C1CCCC1. The predicted molar refractivity (Wildman–Crippen MR) is 120 cm³/mol. The maximum Gasteiger partial charge on any atom is 0.317 e. The Morgan fingerprint density at radius 1 is 1.03 bits per heavy atom. The average molecular weight is 410 g/mol. The first-order valence-electron chi connectivity index (χ1n) is 12.6. The van der Waals surface area contributed by atoms with E-state index in [1.54, 1.807) is 0 Å². The molecule has 30 heavy (non-hydrogen) atoms. The fourth-order valence-corrected chi connectivity index (χ4v) is 7.76. The molecule has 0 spiro atoms. The van der Waals surface area contributed by atoms with Crippen LogP contribution < -0.4 is 5.32 Å². The van der Waals surface area contributed by atoms with E-state index in [0.29, 0.717) is 11.5 Å². The molecule has 5 saturated carbocycles. The van der Waals surface area contributed by atoms with Crippen molar-refractivity contribution in [2.75, 3.05) is 13.1 Å². The topological polar surface area (TPSA) is 45.2 Å². The van der Waals surface area contributed by atoms with Crippen molar-refractivity contribution in [2.45, 2.75) is 89.5 Å². The third kappa shape index (κ3) is 4.53. The molecule has 0 saturated heterocycles. The molecule has 5 aliphatic rings. The molecule has 2 amide bonds. The highest BCUT2D eigenvalue weighted by atomic mass is 16.2. The second kappa shape index (κ2) is 8.88. The monoisotopic (exact) mass is 409 g/mol. The van der Waals surface area contributed by atoms with E-state index in [-0.39, 0.29) is 6.03 Å². The van der Waals surface area contributed by atoms with Gasteiger partial charge in [-0.1, -0.05) is 12.8 Å². The summed E-state index contributed by atoms with van der Waals surface area (Å²) in [5, 5.41) is 3.26. The van der Waals surface area contributed by atoms with Gasteiger partial charge in [-0.2, -0.15) is 0 Å². The number of rotatable bonds is 8. The van der Waals surface area contributed by atoms with Gasteiger partial charge in [0.05, 0.1) is 0 Å². The Kier molecular flexibility index (Phi) is 6.02. The summed E-state index contributed by atoms with van der Waals surface area (Å²) in [6.45, 7) is 1.74. The van der Waals surface area contributed by atoms with Crippen LogP contribution in [0.15, 0.2) is 24.5 Å². The van der Waals surface area contributed by atoms with E-state index in [0.717, 1.165) is 43.7 Å². The molecule has 4 heteroatoms. The molecule has 164 valence electrons. The second-order valence-corrected chi connectivity index (χ2v) is 11.0. The normalized spacial score (nSPS) is 32.5. The van der Waals surface area contributed by atoms with Crippen LogP contribution >= 0.6 is 0 Å². The zero-order valence-electron chi connectivity index (χ0n) is 18.5. The summed E-state index contributed by atoms with van der Waals surface area (Å²) in [6.07, 6.45) is 20.8. The van der Waals surface area contributed by atoms with E-state index in [1.807, 2.05) is 12.4 Å². The first kappa shape index (κ1) is 20.3. The van der Waals surface area contributed by atoms with Gasteiger partial charge in [0, 0.05) is 31.5 Å². The molecule has 5 fully saturated rings. The Morgan fingerprint density at radius 3 is 2.30 bits per heavy atom. The molecular weight excluding hydrogens is 370 g/mol. The molecule has 1 heterocycles. The van der Waals surface area contributed by atoms with Crippen LogP contribution in [0.25, 0.3) is 0 Å². The number of nitrogens with one attached hydrogen (secondary N) is 1. The highest BCUT2D eigenvalue weighted by molar-refractivity contribution is 5.74. The van der Waals surface area contributed by atoms with Gasteiger partial charge in [0.15, 0.2) is 0 Å². The Bertz CT molecular complexity index is 677. The minimum absolute atomic E-state index is 0.196. The molecule has 0 radical (unpaired) electrons. The summed E-state index contributed by atoms with van der Waals surface area (Å²) in [6, 6.07) is 4.80. The first-order chi connectivity index (χ1) is 14.7.